The van der Waals surface area contributed by atoms with Crippen molar-refractivity contribution in [2.45, 2.75) is 39.7 Å². The van der Waals surface area contributed by atoms with E-state index in [1.165, 1.54) is 0 Å². The number of hydrogen-bond acceptors (Lipinski definition) is 3. The molecule has 3 N–H and O–H groups in total. The molecule has 1 rings (SSSR count). The number of rotatable bonds is 6. The minimum absolute atomic E-state index is 0.0953. The lowest BCUT2D eigenvalue weighted by Gasteiger charge is -2.26. The Labute approximate surface area is 109 Å². The fraction of sp³-hybridized carbons (Fsp3) is 0.923. The van der Waals surface area contributed by atoms with Gasteiger partial charge >= 0.3 is 6.03 Å². The largest absolute Gasteiger partial charge is 0.393 e. The highest BCUT2D eigenvalue weighted by atomic mass is 16.5. The molecule has 0 bridgehead atoms. The monoisotopic (exact) mass is 258 g/mol. The first-order valence-corrected chi connectivity index (χ1v) is 6.66. The first kappa shape index (κ1) is 15.2. The van der Waals surface area contributed by atoms with Gasteiger partial charge in [0.2, 0.25) is 0 Å². The summed E-state index contributed by atoms with van der Waals surface area (Å²) in [5.41, 5.74) is -0.0953. The topological polar surface area (TPSA) is 70.6 Å². The Balaban J connectivity index is 2.15. The second-order valence-corrected chi connectivity index (χ2v) is 6.01. The quantitative estimate of drug-likeness (QED) is 0.668. The highest BCUT2D eigenvalue weighted by molar-refractivity contribution is 5.73. The van der Waals surface area contributed by atoms with Gasteiger partial charge in [0.25, 0.3) is 0 Å². The van der Waals surface area contributed by atoms with Crippen LogP contribution in [0.2, 0.25) is 0 Å². The zero-order chi connectivity index (χ0) is 13.6. The zero-order valence-corrected chi connectivity index (χ0v) is 11.7. The molecule has 1 fully saturated rings. The molecule has 0 aliphatic carbocycles. The van der Waals surface area contributed by atoms with E-state index in [9.17, 15) is 9.90 Å². The Hall–Kier alpha value is -0.810. The molecule has 1 aliphatic rings. The van der Waals surface area contributed by atoms with Gasteiger partial charge in [-0.05, 0) is 25.2 Å². The fourth-order valence-electron chi connectivity index (χ4n) is 2.24. The number of carbonyl (C=O) groups excluding carboxylic acids is 1. The van der Waals surface area contributed by atoms with Crippen molar-refractivity contribution in [2.24, 2.45) is 11.3 Å². The molecular weight excluding hydrogens is 232 g/mol. The van der Waals surface area contributed by atoms with Crippen LogP contribution in [0.25, 0.3) is 0 Å². The average molecular weight is 258 g/mol. The highest BCUT2D eigenvalue weighted by Crippen LogP contribution is 2.20. The Morgan fingerprint density at radius 2 is 2.22 bits per heavy atom. The van der Waals surface area contributed by atoms with Crippen molar-refractivity contribution in [3.05, 3.63) is 0 Å². The molecule has 2 amide bonds. The minimum Gasteiger partial charge on any atom is -0.393 e. The van der Waals surface area contributed by atoms with E-state index in [0.717, 1.165) is 19.6 Å². The maximum atomic E-state index is 11.6. The maximum Gasteiger partial charge on any atom is 0.314 e. The number of amides is 2. The molecule has 1 saturated heterocycles. The van der Waals surface area contributed by atoms with Gasteiger partial charge in [-0.1, -0.05) is 13.8 Å². The number of nitrogens with one attached hydrogen (secondary N) is 2. The van der Waals surface area contributed by atoms with Crippen molar-refractivity contribution in [2.75, 3.05) is 26.3 Å². The number of aliphatic hydroxyl groups is 1. The number of aliphatic hydroxyl groups excluding tert-OH is 1. The highest BCUT2D eigenvalue weighted by Gasteiger charge is 2.21. The van der Waals surface area contributed by atoms with Gasteiger partial charge < -0.3 is 20.5 Å². The second kappa shape index (κ2) is 6.95. The number of urea groups is 1. The maximum absolute atomic E-state index is 11.6. The molecule has 0 saturated carbocycles. The van der Waals surface area contributed by atoms with Crippen LogP contribution < -0.4 is 10.6 Å². The van der Waals surface area contributed by atoms with Crippen molar-refractivity contribution in [3.8, 4) is 0 Å². The number of ether oxygens (including phenoxy) is 1. The van der Waals surface area contributed by atoms with Crippen LogP contribution in [-0.2, 0) is 4.74 Å². The molecule has 1 heterocycles. The van der Waals surface area contributed by atoms with E-state index in [1.54, 1.807) is 6.92 Å². The summed E-state index contributed by atoms with van der Waals surface area (Å²) in [7, 11) is 0. The minimum atomic E-state index is -0.347. The molecule has 0 radical (unpaired) electrons. The first-order valence-electron chi connectivity index (χ1n) is 6.66. The summed E-state index contributed by atoms with van der Waals surface area (Å²) in [4.78, 5) is 11.6. The molecule has 0 aromatic rings. The predicted octanol–water partition coefficient (Wildman–Crippen LogP) is 1.12. The van der Waals surface area contributed by atoms with Gasteiger partial charge in [-0.15, -0.1) is 0 Å². The average Bonchev–Trinajstić information content (AvgIpc) is 2.74. The summed E-state index contributed by atoms with van der Waals surface area (Å²) in [6.45, 7) is 8.61. The lowest BCUT2D eigenvalue weighted by Crippen LogP contribution is -2.43. The van der Waals surface area contributed by atoms with Crippen LogP contribution in [0.4, 0.5) is 4.79 Å². The number of carbonyl (C=O) groups is 1. The summed E-state index contributed by atoms with van der Waals surface area (Å²) in [6, 6.07) is -0.138. The SMILES string of the molecule is C[C@H](O)CC(C)(C)CNC(=O)NC[C@@H]1CCOC1. The van der Waals surface area contributed by atoms with Gasteiger partial charge in [0.1, 0.15) is 0 Å². The molecule has 0 spiro atoms. The van der Waals surface area contributed by atoms with E-state index >= 15 is 0 Å². The molecule has 2 atom stereocenters. The van der Waals surface area contributed by atoms with E-state index in [1.807, 2.05) is 13.8 Å². The molecule has 5 nitrogen and oxygen atoms in total. The molecule has 0 aromatic heterocycles. The summed E-state index contributed by atoms with van der Waals surface area (Å²) in [5.74, 6) is 0.446. The second-order valence-electron chi connectivity index (χ2n) is 6.01. The summed E-state index contributed by atoms with van der Waals surface area (Å²) in [6.07, 6.45) is 1.35. The molecule has 106 valence electrons. The third kappa shape index (κ3) is 6.21. The van der Waals surface area contributed by atoms with Crippen LogP contribution in [0.5, 0.6) is 0 Å². The smallest absolute Gasteiger partial charge is 0.314 e. The lowest BCUT2D eigenvalue weighted by atomic mass is 9.87. The molecular formula is C13H26N2O3. The van der Waals surface area contributed by atoms with Crippen LogP contribution in [0.3, 0.4) is 0 Å². The van der Waals surface area contributed by atoms with E-state index in [2.05, 4.69) is 10.6 Å². The van der Waals surface area contributed by atoms with E-state index in [0.29, 0.717) is 25.4 Å². The van der Waals surface area contributed by atoms with Crippen LogP contribution in [0.1, 0.15) is 33.6 Å². The van der Waals surface area contributed by atoms with Crippen LogP contribution >= 0.6 is 0 Å². The predicted molar refractivity (Wildman–Crippen MR) is 70.4 cm³/mol. The standard InChI is InChI=1S/C13H26N2O3/c1-10(16)6-13(2,3)9-15-12(17)14-7-11-4-5-18-8-11/h10-11,16H,4-9H2,1-3H3,(H2,14,15,17)/t10-,11-/m0/s1. The van der Waals surface area contributed by atoms with Gasteiger partial charge in [0, 0.05) is 25.6 Å². The van der Waals surface area contributed by atoms with Crippen molar-refractivity contribution < 1.29 is 14.6 Å². The molecule has 18 heavy (non-hydrogen) atoms. The third-order valence-electron chi connectivity index (χ3n) is 3.15. The summed E-state index contributed by atoms with van der Waals surface area (Å²) < 4.78 is 5.25. The zero-order valence-electron chi connectivity index (χ0n) is 11.7. The molecule has 0 unspecified atom stereocenters. The van der Waals surface area contributed by atoms with Gasteiger partial charge in [0.15, 0.2) is 0 Å². The van der Waals surface area contributed by atoms with Crippen molar-refractivity contribution in [3.63, 3.8) is 0 Å². The molecule has 5 heteroatoms. The third-order valence-corrected chi connectivity index (χ3v) is 3.15. The van der Waals surface area contributed by atoms with Gasteiger partial charge in [-0.2, -0.15) is 0 Å². The Bertz CT molecular complexity index is 261. The van der Waals surface area contributed by atoms with Crippen molar-refractivity contribution in [1.82, 2.24) is 10.6 Å². The Kier molecular flexibility index (Phi) is 5.88. The van der Waals surface area contributed by atoms with Crippen LogP contribution in [0, 0.1) is 11.3 Å². The van der Waals surface area contributed by atoms with E-state index < -0.39 is 0 Å². The van der Waals surface area contributed by atoms with E-state index in [4.69, 9.17) is 4.74 Å². The summed E-state index contributed by atoms with van der Waals surface area (Å²) in [5, 5.41) is 15.1. The summed E-state index contributed by atoms with van der Waals surface area (Å²) >= 11 is 0. The Morgan fingerprint density at radius 3 is 2.78 bits per heavy atom. The van der Waals surface area contributed by atoms with Crippen molar-refractivity contribution >= 4 is 6.03 Å². The molecule has 0 aromatic carbocycles. The van der Waals surface area contributed by atoms with Crippen LogP contribution in [-0.4, -0.2) is 43.5 Å². The van der Waals surface area contributed by atoms with Gasteiger partial charge in [0.05, 0.1) is 12.7 Å². The van der Waals surface area contributed by atoms with E-state index in [-0.39, 0.29) is 17.6 Å². The number of hydrogen-bond donors (Lipinski definition) is 3. The normalized spacial score (nSPS) is 21.7. The van der Waals surface area contributed by atoms with Gasteiger partial charge in [-0.25, -0.2) is 4.79 Å². The van der Waals surface area contributed by atoms with Crippen molar-refractivity contribution in [1.29, 1.82) is 0 Å². The fourth-order valence-corrected chi connectivity index (χ4v) is 2.24. The first-order chi connectivity index (χ1) is 8.39. The Morgan fingerprint density at radius 1 is 1.50 bits per heavy atom. The van der Waals surface area contributed by atoms with Gasteiger partial charge in [-0.3, -0.25) is 0 Å². The molecule has 1 aliphatic heterocycles. The lowest BCUT2D eigenvalue weighted by molar-refractivity contribution is 0.128. The van der Waals surface area contributed by atoms with Crippen LogP contribution in [0.15, 0.2) is 0 Å².